The highest BCUT2D eigenvalue weighted by Crippen LogP contribution is 2.33. The first-order valence-corrected chi connectivity index (χ1v) is 13.0. The molecule has 3 nitrogen and oxygen atoms in total. The van der Waals surface area contributed by atoms with Gasteiger partial charge in [0.05, 0.1) is 11.6 Å². The Hall–Kier alpha value is -4.13. The van der Waals surface area contributed by atoms with Crippen LogP contribution in [-0.4, -0.2) is 30.6 Å². The fraction of sp³-hybridized carbons (Fsp3) is 0.206. The van der Waals surface area contributed by atoms with Crippen molar-refractivity contribution in [3.05, 3.63) is 127 Å². The molecule has 0 aliphatic carbocycles. The smallest absolute Gasteiger partial charge is 0.0998 e. The summed E-state index contributed by atoms with van der Waals surface area (Å²) in [5.74, 6) is 0. The number of benzene rings is 4. The molecule has 1 saturated heterocycles. The maximum absolute atomic E-state index is 9.74. The van der Waals surface area contributed by atoms with Crippen LogP contribution in [0.4, 0.5) is 5.69 Å². The van der Waals surface area contributed by atoms with Gasteiger partial charge in [-0.05, 0) is 66.4 Å². The lowest BCUT2D eigenvalue weighted by atomic mass is 9.85. The molecule has 3 heteroatoms. The molecule has 5 rings (SSSR count). The van der Waals surface area contributed by atoms with E-state index in [0.29, 0.717) is 5.56 Å². The van der Waals surface area contributed by atoms with E-state index in [-0.39, 0.29) is 5.54 Å². The Kier molecular flexibility index (Phi) is 7.21. The van der Waals surface area contributed by atoms with Crippen LogP contribution in [0.2, 0.25) is 0 Å². The minimum absolute atomic E-state index is 0.0120. The summed E-state index contributed by atoms with van der Waals surface area (Å²) in [5.41, 5.74) is 7.55. The molecule has 0 amide bonds. The van der Waals surface area contributed by atoms with Gasteiger partial charge < -0.3 is 4.90 Å². The second-order valence-corrected chi connectivity index (χ2v) is 9.92. The van der Waals surface area contributed by atoms with Gasteiger partial charge in [-0.25, -0.2) is 0 Å². The van der Waals surface area contributed by atoms with Crippen molar-refractivity contribution in [1.29, 1.82) is 5.26 Å². The molecule has 4 aromatic carbocycles. The Morgan fingerprint density at radius 3 is 2.08 bits per heavy atom. The van der Waals surface area contributed by atoms with Crippen molar-refractivity contribution >= 4 is 5.69 Å². The fourth-order valence-corrected chi connectivity index (χ4v) is 5.44. The minimum atomic E-state index is -0.0120. The summed E-state index contributed by atoms with van der Waals surface area (Å²) in [6.07, 6.45) is 4.26. The van der Waals surface area contributed by atoms with Crippen LogP contribution in [0.5, 0.6) is 0 Å². The predicted molar refractivity (Wildman–Crippen MR) is 154 cm³/mol. The lowest BCUT2D eigenvalue weighted by Gasteiger charge is -2.46. The third kappa shape index (κ3) is 5.21. The molecule has 0 radical (unpaired) electrons. The highest BCUT2D eigenvalue weighted by molar-refractivity contribution is 5.77. The van der Waals surface area contributed by atoms with Crippen molar-refractivity contribution in [3.63, 3.8) is 0 Å². The Balaban J connectivity index is 1.31. The quantitative estimate of drug-likeness (QED) is 0.254. The molecule has 184 valence electrons. The van der Waals surface area contributed by atoms with Gasteiger partial charge in [0.25, 0.3) is 0 Å². The second kappa shape index (κ2) is 10.9. The molecule has 1 aliphatic rings. The van der Waals surface area contributed by atoms with Gasteiger partial charge in [-0.2, -0.15) is 5.26 Å². The van der Waals surface area contributed by atoms with E-state index >= 15 is 0 Å². The minimum Gasteiger partial charge on any atom is -0.371 e. The zero-order valence-electron chi connectivity index (χ0n) is 21.5. The number of hydrogen-bond donors (Lipinski definition) is 0. The molecule has 0 aromatic heterocycles. The SMILES string of the molecule is C=CC1(N(C)Cc2ccc(-c3cc(-c4ccccc4)ccc3C#N)cc2)CCN(c2ccccc2)CC1. The van der Waals surface area contributed by atoms with Gasteiger partial charge in [-0.15, -0.1) is 6.58 Å². The average molecular weight is 484 g/mol. The summed E-state index contributed by atoms with van der Waals surface area (Å²) in [5, 5.41) is 9.74. The van der Waals surface area contributed by atoms with Crippen LogP contribution in [0.25, 0.3) is 22.3 Å². The average Bonchev–Trinajstić information content (AvgIpc) is 2.98. The largest absolute Gasteiger partial charge is 0.371 e. The molecule has 1 aliphatic heterocycles. The number of nitrogens with zero attached hydrogens (tertiary/aromatic N) is 3. The number of likely N-dealkylation sites (N-methyl/N-ethyl adjacent to an activating group) is 1. The van der Waals surface area contributed by atoms with Crippen LogP contribution in [0, 0.1) is 11.3 Å². The standard InChI is InChI=1S/C34H33N3/c1-3-34(20-22-37(23-21-34)32-12-8-5-9-13-32)36(2)26-27-14-16-29(17-15-27)33-24-30(18-19-31(33)25-35)28-10-6-4-7-11-28/h3-19,24H,1,20-23,26H2,2H3. The number of anilines is 1. The van der Waals surface area contributed by atoms with Crippen molar-refractivity contribution in [2.45, 2.75) is 24.9 Å². The van der Waals surface area contributed by atoms with Crippen molar-refractivity contribution in [3.8, 4) is 28.3 Å². The van der Waals surface area contributed by atoms with Crippen molar-refractivity contribution in [1.82, 2.24) is 4.90 Å². The first-order chi connectivity index (χ1) is 18.1. The molecule has 37 heavy (non-hydrogen) atoms. The third-order valence-electron chi connectivity index (χ3n) is 7.82. The van der Waals surface area contributed by atoms with E-state index in [2.05, 4.69) is 108 Å². The molecule has 0 spiro atoms. The first kappa shape index (κ1) is 24.6. The highest BCUT2D eigenvalue weighted by Gasteiger charge is 2.35. The molecule has 0 bridgehead atoms. The molecule has 0 saturated carbocycles. The molecule has 0 unspecified atom stereocenters. The maximum Gasteiger partial charge on any atom is 0.0998 e. The number of para-hydroxylation sites is 1. The van der Waals surface area contributed by atoms with Crippen LogP contribution in [0.3, 0.4) is 0 Å². The fourth-order valence-electron chi connectivity index (χ4n) is 5.44. The van der Waals surface area contributed by atoms with E-state index in [9.17, 15) is 5.26 Å². The normalized spacial score (nSPS) is 14.8. The summed E-state index contributed by atoms with van der Waals surface area (Å²) in [4.78, 5) is 4.93. The summed E-state index contributed by atoms with van der Waals surface area (Å²) in [7, 11) is 2.21. The van der Waals surface area contributed by atoms with Gasteiger partial charge >= 0.3 is 0 Å². The molecule has 1 fully saturated rings. The van der Waals surface area contributed by atoms with Crippen molar-refractivity contribution in [2.24, 2.45) is 0 Å². The van der Waals surface area contributed by atoms with Crippen LogP contribution in [0.15, 0.2) is 116 Å². The topological polar surface area (TPSA) is 30.3 Å². The summed E-state index contributed by atoms with van der Waals surface area (Å²) >= 11 is 0. The lowest BCUT2D eigenvalue weighted by Crippen LogP contribution is -2.52. The summed E-state index contributed by atoms with van der Waals surface area (Å²) < 4.78 is 0. The van der Waals surface area contributed by atoms with Crippen LogP contribution < -0.4 is 4.90 Å². The van der Waals surface area contributed by atoms with Gasteiger partial charge in [-0.1, -0.05) is 84.9 Å². The number of hydrogen-bond acceptors (Lipinski definition) is 3. The zero-order valence-corrected chi connectivity index (χ0v) is 21.5. The van der Waals surface area contributed by atoms with E-state index in [4.69, 9.17) is 0 Å². The monoisotopic (exact) mass is 483 g/mol. The number of rotatable bonds is 7. The molecular weight excluding hydrogens is 450 g/mol. The van der Waals surface area contributed by atoms with Crippen LogP contribution in [-0.2, 0) is 6.54 Å². The lowest BCUT2D eigenvalue weighted by molar-refractivity contribution is 0.128. The molecule has 1 heterocycles. The summed E-state index contributed by atoms with van der Waals surface area (Å²) in [6.45, 7) is 7.13. The Labute approximate surface area is 220 Å². The van der Waals surface area contributed by atoms with Crippen LogP contribution in [0.1, 0.15) is 24.0 Å². The molecule has 0 N–H and O–H groups in total. The van der Waals surface area contributed by atoms with Gasteiger partial charge in [0.1, 0.15) is 0 Å². The maximum atomic E-state index is 9.74. The molecular formula is C34H33N3. The first-order valence-electron chi connectivity index (χ1n) is 13.0. The third-order valence-corrected chi connectivity index (χ3v) is 7.82. The van der Waals surface area contributed by atoms with Gasteiger partial charge in [0.15, 0.2) is 0 Å². The van der Waals surface area contributed by atoms with Crippen molar-refractivity contribution in [2.75, 3.05) is 25.0 Å². The van der Waals surface area contributed by atoms with Crippen LogP contribution >= 0.6 is 0 Å². The van der Waals surface area contributed by atoms with Gasteiger partial charge in [0.2, 0.25) is 0 Å². The van der Waals surface area contributed by atoms with E-state index in [1.165, 1.54) is 11.3 Å². The van der Waals surface area contributed by atoms with E-state index in [1.54, 1.807) is 0 Å². The molecule has 4 aromatic rings. The second-order valence-electron chi connectivity index (χ2n) is 9.92. The zero-order chi connectivity index (χ0) is 25.7. The van der Waals surface area contributed by atoms with E-state index in [1.807, 2.05) is 30.3 Å². The van der Waals surface area contributed by atoms with E-state index < -0.39 is 0 Å². The van der Waals surface area contributed by atoms with E-state index in [0.717, 1.165) is 54.7 Å². The molecule has 0 atom stereocenters. The summed E-state index contributed by atoms with van der Waals surface area (Å²) in [6, 6.07) is 38.1. The van der Waals surface area contributed by atoms with Gasteiger partial charge in [-0.3, -0.25) is 4.90 Å². The Morgan fingerprint density at radius 2 is 1.46 bits per heavy atom. The Bertz CT molecular complexity index is 1380. The number of piperidine rings is 1. The predicted octanol–water partition coefficient (Wildman–Crippen LogP) is 7.55. The van der Waals surface area contributed by atoms with Crippen molar-refractivity contribution < 1.29 is 0 Å². The van der Waals surface area contributed by atoms with Gasteiger partial charge in [0, 0.05) is 36.4 Å². The Morgan fingerprint density at radius 1 is 0.838 bits per heavy atom. The highest BCUT2D eigenvalue weighted by atomic mass is 15.2. The number of nitriles is 1.